The van der Waals surface area contributed by atoms with Gasteiger partial charge in [-0.1, -0.05) is 15.9 Å². The molecule has 0 bridgehead atoms. The Hall–Kier alpha value is -1.69. The van der Waals surface area contributed by atoms with Gasteiger partial charge in [-0.15, -0.1) is 0 Å². The topological polar surface area (TPSA) is 55.0 Å². The number of carbonyl (C=O) groups is 1. The quantitative estimate of drug-likeness (QED) is 0.887. The predicted octanol–water partition coefficient (Wildman–Crippen LogP) is 2.69. The lowest BCUT2D eigenvalue weighted by Crippen LogP contribution is -2.05. The minimum Gasteiger partial charge on any atom is -0.469 e. The van der Waals surface area contributed by atoms with Crippen LogP contribution >= 0.6 is 15.9 Å². The maximum atomic E-state index is 13.6. The van der Waals surface area contributed by atoms with E-state index in [2.05, 4.69) is 30.6 Å². The molecule has 0 unspecified atom stereocenters. The number of rotatable bonds is 3. The molecule has 1 aromatic carbocycles. The van der Waals surface area contributed by atoms with E-state index in [9.17, 15) is 9.18 Å². The van der Waals surface area contributed by atoms with Crippen LogP contribution in [0.15, 0.2) is 28.9 Å². The Bertz CT molecular complexity index is 583. The van der Waals surface area contributed by atoms with Gasteiger partial charge in [-0.25, -0.2) is 9.37 Å². The van der Waals surface area contributed by atoms with Crippen LogP contribution in [0.25, 0.3) is 11.3 Å². The number of hydrogen-bond acceptors (Lipinski definition) is 3. The number of methoxy groups -OCH3 is 1. The monoisotopic (exact) mass is 312 g/mol. The van der Waals surface area contributed by atoms with Gasteiger partial charge in [-0.3, -0.25) is 4.79 Å². The third-order valence-corrected chi connectivity index (χ3v) is 2.88. The van der Waals surface area contributed by atoms with Crippen molar-refractivity contribution < 1.29 is 13.9 Å². The molecule has 1 heterocycles. The van der Waals surface area contributed by atoms with Crippen molar-refractivity contribution in [3.05, 3.63) is 40.5 Å². The molecule has 0 saturated carbocycles. The van der Waals surface area contributed by atoms with Gasteiger partial charge in [0.2, 0.25) is 0 Å². The molecule has 0 amide bonds. The Morgan fingerprint density at radius 2 is 2.33 bits per heavy atom. The summed E-state index contributed by atoms with van der Waals surface area (Å²) in [6.07, 6.45) is 1.52. The molecular weight excluding hydrogens is 303 g/mol. The van der Waals surface area contributed by atoms with Gasteiger partial charge in [0.25, 0.3) is 0 Å². The van der Waals surface area contributed by atoms with E-state index in [-0.39, 0.29) is 12.2 Å². The van der Waals surface area contributed by atoms with E-state index in [1.54, 1.807) is 12.1 Å². The summed E-state index contributed by atoms with van der Waals surface area (Å²) >= 11 is 3.28. The Labute approximate surface area is 111 Å². The predicted molar refractivity (Wildman–Crippen MR) is 67.4 cm³/mol. The lowest BCUT2D eigenvalue weighted by atomic mass is 10.1. The smallest absolute Gasteiger partial charge is 0.313 e. The maximum Gasteiger partial charge on any atom is 0.313 e. The molecule has 0 saturated heterocycles. The van der Waals surface area contributed by atoms with Crippen LogP contribution in [0.4, 0.5) is 4.39 Å². The van der Waals surface area contributed by atoms with Crippen molar-refractivity contribution in [3.8, 4) is 11.3 Å². The summed E-state index contributed by atoms with van der Waals surface area (Å²) in [5.74, 6) is -0.312. The van der Waals surface area contributed by atoms with Gasteiger partial charge >= 0.3 is 5.97 Å². The first-order valence-corrected chi connectivity index (χ1v) is 5.95. The average Bonchev–Trinajstić information content (AvgIpc) is 2.80. The van der Waals surface area contributed by atoms with Crippen LogP contribution in [0, 0.1) is 5.82 Å². The van der Waals surface area contributed by atoms with Gasteiger partial charge in [0.15, 0.2) is 0 Å². The fourth-order valence-electron chi connectivity index (χ4n) is 1.50. The summed E-state index contributed by atoms with van der Waals surface area (Å²) in [7, 11) is 1.31. The molecule has 1 aromatic heterocycles. The first kappa shape index (κ1) is 12.8. The number of H-pyrrole nitrogens is 1. The number of nitrogens with zero attached hydrogens (tertiary/aromatic N) is 1. The van der Waals surface area contributed by atoms with Crippen LogP contribution in [0.1, 0.15) is 5.82 Å². The van der Waals surface area contributed by atoms with Gasteiger partial charge in [0.05, 0.1) is 19.0 Å². The Balaban J connectivity index is 2.29. The van der Waals surface area contributed by atoms with Gasteiger partial charge in [-0.2, -0.15) is 0 Å². The second kappa shape index (κ2) is 5.30. The molecule has 0 aliphatic rings. The summed E-state index contributed by atoms with van der Waals surface area (Å²) in [4.78, 5) is 18.0. The van der Waals surface area contributed by atoms with Crippen LogP contribution < -0.4 is 0 Å². The van der Waals surface area contributed by atoms with Crippen LogP contribution in [0.2, 0.25) is 0 Å². The zero-order valence-electron chi connectivity index (χ0n) is 9.54. The number of carbonyl (C=O) groups excluding carboxylic acids is 1. The van der Waals surface area contributed by atoms with E-state index >= 15 is 0 Å². The highest BCUT2D eigenvalue weighted by Crippen LogP contribution is 2.24. The number of hydrogen-bond donors (Lipinski definition) is 1. The summed E-state index contributed by atoms with van der Waals surface area (Å²) in [5, 5.41) is 0. The maximum absolute atomic E-state index is 13.6. The largest absolute Gasteiger partial charge is 0.469 e. The Kier molecular flexibility index (Phi) is 3.76. The molecule has 0 atom stereocenters. The van der Waals surface area contributed by atoms with Crippen LogP contribution in [-0.4, -0.2) is 23.0 Å². The summed E-state index contributed by atoms with van der Waals surface area (Å²) < 4.78 is 18.9. The fraction of sp³-hybridized carbons (Fsp3) is 0.167. The summed E-state index contributed by atoms with van der Waals surface area (Å²) in [6, 6.07) is 4.62. The molecule has 4 nitrogen and oxygen atoms in total. The lowest BCUT2D eigenvalue weighted by molar-refractivity contribution is -0.139. The van der Waals surface area contributed by atoms with Crippen LogP contribution in [0.5, 0.6) is 0 Å². The number of nitrogens with one attached hydrogen (secondary N) is 1. The highest BCUT2D eigenvalue weighted by atomic mass is 79.9. The van der Waals surface area contributed by atoms with Crippen molar-refractivity contribution in [3.63, 3.8) is 0 Å². The van der Waals surface area contributed by atoms with Crippen molar-refractivity contribution in [2.24, 2.45) is 0 Å². The highest BCUT2D eigenvalue weighted by molar-refractivity contribution is 9.10. The van der Waals surface area contributed by atoms with Gasteiger partial charge in [0.1, 0.15) is 18.1 Å². The number of esters is 1. The molecular formula is C12H10BrFN2O2. The third kappa shape index (κ3) is 2.76. The first-order chi connectivity index (χ1) is 8.60. The number of ether oxygens (including phenoxy) is 1. The number of aromatic nitrogens is 2. The number of aromatic amines is 1. The Morgan fingerprint density at radius 1 is 1.56 bits per heavy atom. The second-order valence-corrected chi connectivity index (χ2v) is 4.54. The van der Waals surface area contributed by atoms with Crippen LogP contribution in [-0.2, 0) is 16.0 Å². The van der Waals surface area contributed by atoms with E-state index < -0.39 is 5.97 Å². The van der Waals surface area contributed by atoms with Crippen molar-refractivity contribution in [2.75, 3.05) is 7.11 Å². The van der Waals surface area contributed by atoms with Gasteiger partial charge in [0, 0.05) is 10.0 Å². The zero-order chi connectivity index (χ0) is 13.1. The van der Waals surface area contributed by atoms with E-state index in [1.165, 1.54) is 19.4 Å². The fourth-order valence-corrected chi connectivity index (χ4v) is 1.86. The minimum atomic E-state index is -0.398. The normalized spacial score (nSPS) is 10.4. The molecule has 6 heteroatoms. The third-order valence-electron chi connectivity index (χ3n) is 2.39. The second-order valence-electron chi connectivity index (χ2n) is 3.62. The molecule has 0 aliphatic carbocycles. The lowest BCUT2D eigenvalue weighted by Gasteiger charge is -2.00. The number of halogens is 2. The molecule has 0 spiro atoms. The highest BCUT2D eigenvalue weighted by Gasteiger charge is 2.11. The van der Waals surface area contributed by atoms with Crippen LogP contribution in [0.3, 0.4) is 0 Å². The average molecular weight is 313 g/mol. The van der Waals surface area contributed by atoms with Crippen molar-refractivity contribution in [1.82, 2.24) is 9.97 Å². The SMILES string of the molecule is COC(=O)Cc1ncc(-c2cc(Br)ccc2F)[nH]1. The standard InChI is InChI=1S/C12H10BrFN2O2/c1-18-12(17)5-11-15-6-10(16-11)8-4-7(13)2-3-9(8)14/h2-4,6H,5H2,1H3,(H,15,16). The first-order valence-electron chi connectivity index (χ1n) is 5.16. The molecule has 2 rings (SSSR count). The van der Waals surface area contributed by atoms with E-state index in [4.69, 9.17) is 0 Å². The molecule has 0 fully saturated rings. The van der Waals surface area contributed by atoms with Gasteiger partial charge < -0.3 is 9.72 Å². The van der Waals surface area contributed by atoms with E-state index in [1.807, 2.05) is 0 Å². The summed E-state index contributed by atoms with van der Waals surface area (Å²) in [6.45, 7) is 0. The van der Waals surface area contributed by atoms with Crippen molar-refractivity contribution in [2.45, 2.75) is 6.42 Å². The van der Waals surface area contributed by atoms with Gasteiger partial charge in [-0.05, 0) is 18.2 Å². The molecule has 0 aliphatic heterocycles. The molecule has 0 radical (unpaired) electrons. The number of benzene rings is 1. The molecule has 1 N–H and O–H groups in total. The molecule has 18 heavy (non-hydrogen) atoms. The Morgan fingerprint density at radius 3 is 3.06 bits per heavy atom. The van der Waals surface area contributed by atoms with Crippen molar-refractivity contribution in [1.29, 1.82) is 0 Å². The zero-order valence-corrected chi connectivity index (χ0v) is 11.1. The minimum absolute atomic E-state index is 0.0339. The number of imidazole rings is 1. The summed E-state index contributed by atoms with van der Waals surface area (Å²) in [5.41, 5.74) is 0.917. The molecule has 94 valence electrons. The van der Waals surface area contributed by atoms with Crippen molar-refractivity contribution >= 4 is 21.9 Å². The van der Waals surface area contributed by atoms with E-state index in [0.717, 1.165) is 4.47 Å². The van der Waals surface area contributed by atoms with E-state index in [0.29, 0.717) is 17.1 Å². The molecule has 2 aromatic rings.